The van der Waals surface area contributed by atoms with Gasteiger partial charge in [0.25, 0.3) is 0 Å². The summed E-state index contributed by atoms with van der Waals surface area (Å²) in [4.78, 5) is 39.7. The van der Waals surface area contributed by atoms with E-state index in [9.17, 15) is 9.18 Å². The van der Waals surface area contributed by atoms with E-state index in [0.717, 1.165) is 11.3 Å². The molecule has 0 bridgehead atoms. The van der Waals surface area contributed by atoms with E-state index in [0.29, 0.717) is 56.0 Å². The number of piperazine rings is 1. The van der Waals surface area contributed by atoms with Gasteiger partial charge < -0.3 is 14.7 Å². The highest BCUT2D eigenvalue weighted by molar-refractivity contribution is 5.73. The van der Waals surface area contributed by atoms with Crippen LogP contribution in [0.4, 0.5) is 16.0 Å². The van der Waals surface area contributed by atoms with Gasteiger partial charge >= 0.3 is 0 Å². The fraction of sp³-hybridized carbons (Fsp3) is 0.364. The van der Waals surface area contributed by atoms with Crippen molar-refractivity contribution in [2.24, 2.45) is 0 Å². The monoisotopic (exact) mass is 434 g/mol. The van der Waals surface area contributed by atoms with Gasteiger partial charge in [-0.15, -0.1) is 0 Å². The molecule has 1 unspecified atom stereocenters. The normalized spacial score (nSPS) is 18.1. The van der Waals surface area contributed by atoms with Crippen LogP contribution in [0.5, 0.6) is 0 Å². The maximum atomic E-state index is 14.6. The number of fused-ring (bicyclic) bond motifs is 1. The number of nitrogens with zero attached hydrogens (tertiary/aromatic N) is 8. The van der Waals surface area contributed by atoms with Gasteiger partial charge in [-0.3, -0.25) is 4.79 Å². The zero-order valence-corrected chi connectivity index (χ0v) is 17.9. The molecule has 0 aromatic carbocycles. The number of pyridine rings is 1. The van der Waals surface area contributed by atoms with Crippen LogP contribution in [0.2, 0.25) is 0 Å². The van der Waals surface area contributed by atoms with E-state index in [1.54, 1.807) is 36.5 Å². The molecule has 10 heteroatoms. The standard InChI is InChI=1S/C22H23FN8O/c1-14-17-12-26-22(21-24-4-3-5-25-21)27-18(17)13-31(14)20-11-16(23)10-19(28-20)30-8-6-29(7-9-30)15(2)32/h3-5,10-12,14H,6-9,13H2,1-2H3. The van der Waals surface area contributed by atoms with Gasteiger partial charge in [-0.25, -0.2) is 29.3 Å². The number of rotatable bonds is 3. The van der Waals surface area contributed by atoms with Crippen molar-refractivity contribution in [3.63, 3.8) is 0 Å². The molecular formula is C22H23FN8O. The fourth-order valence-corrected chi connectivity index (χ4v) is 4.20. The fourth-order valence-electron chi connectivity index (χ4n) is 4.20. The quantitative estimate of drug-likeness (QED) is 0.620. The molecule has 0 N–H and O–H groups in total. The summed E-state index contributed by atoms with van der Waals surface area (Å²) in [5.74, 6) is 1.79. The lowest BCUT2D eigenvalue weighted by Crippen LogP contribution is -2.48. The maximum Gasteiger partial charge on any atom is 0.219 e. The molecule has 1 saturated heterocycles. The van der Waals surface area contributed by atoms with Gasteiger partial charge in [0.2, 0.25) is 5.91 Å². The van der Waals surface area contributed by atoms with Gasteiger partial charge in [-0.05, 0) is 13.0 Å². The number of carbonyl (C=O) groups is 1. The van der Waals surface area contributed by atoms with Gasteiger partial charge in [0.15, 0.2) is 11.6 Å². The number of carbonyl (C=O) groups excluding carboxylic acids is 1. The van der Waals surface area contributed by atoms with Crippen LogP contribution in [-0.2, 0) is 11.3 Å². The summed E-state index contributed by atoms with van der Waals surface area (Å²) in [5, 5.41) is 0. The lowest BCUT2D eigenvalue weighted by atomic mass is 10.1. The molecule has 9 nitrogen and oxygen atoms in total. The third-order valence-electron chi connectivity index (χ3n) is 6.01. The average Bonchev–Trinajstić information content (AvgIpc) is 3.15. The summed E-state index contributed by atoms with van der Waals surface area (Å²) in [5.41, 5.74) is 1.84. The average molecular weight is 434 g/mol. The highest BCUT2D eigenvalue weighted by atomic mass is 19.1. The summed E-state index contributed by atoms with van der Waals surface area (Å²) in [7, 11) is 0. The van der Waals surface area contributed by atoms with Crippen LogP contribution in [0.1, 0.15) is 31.1 Å². The first-order valence-electron chi connectivity index (χ1n) is 10.6. The van der Waals surface area contributed by atoms with E-state index in [4.69, 9.17) is 4.98 Å². The van der Waals surface area contributed by atoms with Gasteiger partial charge in [-0.2, -0.15) is 0 Å². The van der Waals surface area contributed by atoms with E-state index in [-0.39, 0.29) is 17.8 Å². The minimum absolute atomic E-state index is 0.0487. The minimum Gasteiger partial charge on any atom is -0.353 e. The van der Waals surface area contributed by atoms with Crippen LogP contribution in [0, 0.1) is 5.82 Å². The topological polar surface area (TPSA) is 91.2 Å². The van der Waals surface area contributed by atoms with Crippen LogP contribution in [-0.4, -0.2) is 61.9 Å². The number of aromatic nitrogens is 5. The van der Waals surface area contributed by atoms with Crippen molar-refractivity contribution in [3.8, 4) is 11.6 Å². The third-order valence-corrected chi connectivity index (χ3v) is 6.01. The number of hydrogen-bond acceptors (Lipinski definition) is 8. The molecule has 32 heavy (non-hydrogen) atoms. The minimum atomic E-state index is -0.341. The number of hydrogen-bond donors (Lipinski definition) is 0. The first kappa shape index (κ1) is 20.2. The van der Waals surface area contributed by atoms with Crippen molar-refractivity contribution in [1.29, 1.82) is 0 Å². The van der Waals surface area contributed by atoms with E-state index in [2.05, 4.69) is 19.9 Å². The van der Waals surface area contributed by atoms with Crippen LogP contribution in [0.3, 0.4) is 0 Å². The molecule has 2 aliphatic rings. The number of anilines is 2. The second-order valence-electron chi connectivity index (χ2n) is 7.97. The molecule has 1 fully saturated rings. The summed E-state index contributed by atoms with van der Waals surface area (Å²) in [6.45, 7) is 6.55. The molecule has 2 aliphatic heterocycles. The predicted octanol–water partition coefficient (Wildman–Crippen LogP) is 2.22. The largest absolute Gasteiger partial charge is 0.353 e. The first-order chi connectivity index (χ1) is 15.5. The molecule has 1 amide bonds. The molecule has 0 aliphatic carbocycles. The van der Waals surface area contributed by atoms with Gasteiger partial charge in [0, 0.05) is 69.4 Å². The van der Waals surface area contributed by atoms with E-state index < -0.39 is 0 Å². The molecule has 164 valence electrons. The lowest BCUT2D eigenvalue weighted by molar-refractivity contribution is -0.129. The molecule has 1 atom stereocenters. The van der Waals surface area contributed by atoms with Crippen molar-refractivity contribution >= 4 is 17.5 Å². The van der Waals surface area contributed by atoms with Crippen molar-refractivity contribution in [1.82, 2.24) is 29.8 Å². The zero-order valence-electron chi connectivity index (χ0n) is 17.9. The summed E-state index contributed by atoms with van der Waals surface area (Å²) in [6.07, 6.45) is 5.10. The summed E-state index contributed by atoms with van der Waals surface area (Å²) >= 11 is 0. The Morgan fingerprint density at radius 3 is 2.44 bits per heavy atom. The van der Waals surface area contributed by atoms with E-state index in [1.165, 1.54) is 12.1 Å². The Hall–Kier alpha value is -3.69. The first-order valence-corrected chi connectivity index (χ1v) is 10.6. The lowest BCUT2D eigenvalue weighted by Gasteiger charge is -2.35. The van der Waals surface area contributed by atoms with Crippen LogP contribution < -0.4 is 9.80 Å². The smallest absolute Gasteiger partial charge is 0.219 e. The Balaban J connectivity index is 1.39. The van der Waals surface area contributed by atoms with Gasteiger partial charge in [0.1, 0.15) is 17.5 Å². The molecule has 3 aromatic rings. The Kier molecular flexibility index (Phi) is 5.12. The van der Waals surface area contributed by atoms with E-state index in [1.807, 2.05) is 16.7 Å². The summed E-state index contributed by atoms with van der Waals surface area (Å²) in [6, 6.07) is 4.60. The zero-order chi connectivity index (χ0) is 22.2. The van der Waals surface area contributed by atoms with Crippen LogP contribution in [0.25, 0.3) is 11.6 Å². The molecule has 5 heterocycles. The Labute approximate surface area is 185 Å². The van der Waals surface area contributed by atoms with Crippen molar-refractivity contribution < 1.29 is 9.18 Å². The van der Waals surface area contributed by atoms with Crippen molar-refractivity contribution in [2.75, 3.05) is 36.0 Å². The second kappa shape index (κ2) is 8.10. The molecule has 0 radical (unpaired) electrons. The summed E-state index contributed by atoms with van der Waals surface area (Å²) < 4.78 is 14.6. The van der Waals surface area contributed by atoms with Crippen molar-refractivity contribution in [3.05, 3.63) is 53.9 Å². The van der Waals surface area contributed by atoms with Crippen molar-refractivity contribution in [2.45, 2.75) is 26.4 Å². The third kappa shape index (κ3) is 3.72. The Morgan fingerprint density at radius 2 is 1.72 bits per heavy atom. The van der Waals surface area contributed by atoms with Gasteiger partial charge in [0.05, 0.1) is 18.3 Å². The number of amides is 1. The van der Waals surface area contributed by atoms with Crippen LogP contribution in [0.15, 0.2) is 36.8 Å². The molecule has 0 spiro atoms. The highest BCUT2D eigenvalue weighted by Gasteiger charge is 2.31. The molecule has 5 rings (SSSR count). The highest BCUT2D eigenvalue weighted by Crippen LogP contribution is 2.36. The Bertz CT molecular complexity index is 1150. The molecule has 3 aromatic heterocycles. The van der Waals surface area contributed by atoms with E-state index >= 15 is 0 Å². The predicted molar refractivity (Wildman–Crippen MR) is 116 cm³/mol. The SMILES string of the molecule is CC(=O)N1CCN(c2cc(F)cc(N3Cc4nc(-c5ncccn5)ncc4C3C)n2)CC1. The Morgan fingerprint density at radius 1 is 1.00 bits per heavy atom. The maximum absolute atomic E-state index is 14.6. The van der Waals surface area contributed by atoms with Gasteiger partial charge in [-0.1, -0.05) is 0 Å². The molecule has 0 saturated carbocycles. The molecular weight excluding hydrogens is 411 g/mol. The number of halogens is 1. The second-order valence-corrected chi connectivity index (χ2v) is 7.97. The van der Waals surface area contributed by atoms with Crippen LogP contribution >= 0.6 is 0 Å².